The smallest absolute Gasteiger partial charge is 0.258 e. The SMILES string of the molecule is CCC1=C2C(=O)NC(C)=C2C(=O)N1. The average molecular weight is 178 g/mol. The molecule has 0 aromatic carbocycles. The third kappa shape index (κ3) is 0.915. The molecule has 0 aliphatic carbocycles. The molecule has 0 saturated carbocycles. The van der Waals surface area contributed by atoms with Crippen molar-refractivity contribution >= 4 is 11.8 Å². The van der Waals surface area contributed by atoms with E-state index in [9.17, 15) is 9.59 Å². The molecular formula is C9H10N2O2. The first-order chi connectivity index (χ1) is 6.15. The number of carbonyl (C=O) groups excluding carboxylic acids is 2. The molecule has 0 radical (unpaired) electrons. The Bertz CT molecular complexity index is 377. The molecule has 0 spiro atoms. The van der Waals surface area contributed by atoms with Gasteiger partial charge in [0.1, 0.15) is 0 Å². The van der Waals surface area contributed by atoms with Crippen LogP contribution in [0.3, 0.4) is 0 Å². The molecule has 4 heteroatoms. The topological polar surface area (TPSA) is 58.2 Å². The minimum absolute atomic E-state index is 0.164. The van der Waals surface area contributed by atoms with Crippen molar-refractivity contribution in [1.82, 2.24) is 10.6 Å². The first kappa shape index (κ1) is 8.04. The molecule has 0 bridgehead atoms. The van der Waals surface area contributed by atoms with Gasteiger partial charge in [-0.05, 0) is 13.3 Å². The van der Waals surface area contributed by atoms with Crippen LogP contribution < -0.4 is 10.6 Å². The number of nitrogens with one attached hydrogen (secondary N) is 2. The van der Waals surface area contributed by atoms with Crippen LogP contribution in [0.15, 0.2) is 22.5 Å². The van der Waals surface area contributed by atoms with Crippen LogP contribution in [0.4, 0.5) is 0 Å². The molecule has 0 aromatic heterocycles. The van der Waals surface area contributed by atoms with Gasteiger partial charge in [0, 0.05) is 11.4 Å². The van der Waals surface area contributed by atoms with E-state index < -0.39 is 0 Å². The zero-order chi connectivity index (χ0) is 9.59. The number of fused-ring (bicyclic) bond motifs is 1. The minimum atomic E-state index is -0.164. The Hall–Kier alpha value is -1.58. The zero-order valence-electron chi connectivity index (χ0n) is 7.52. The maximum atomic E-state index is 11.4. The van der Waals surface area contributed by atoms with Crippen LogP contribution in [0.1, 0.15) is 20.3 Å². The highest BCUT2D eigenvalue weighted by Crippen LogP contribution is 2.29. The van der Waals surface area contributed by atoms with Crippen molar-refractivity contribution in [3.05, 3.63) is 22.5 Å². The van der Waals surface area contributed by atoms with Gasteiger partial charge in [-0.25, -0.2) is 0 Å². The average Bonchev–Trinajstić information content (AvgIpc) is 2.54. The zero-order valence-corrected chi connectivity index (χ0v) is 7.52. The van der Waals surface area contributed by atoms with Crippen molar-refractivity contribution in [1.29, 1.82) is 0 Å². The molecule has 2 aliphatic rings. The second kappa shape index (κ2) is 2.45. The molecule has 2 N–H and O–H groups in total. The number of carbonyl (C=O) groups is 2. The molecule has 0 saturated heterocycles. The molecule has 0 atom stereocenters. The predicted molar refractivity (Wildman–Crippen MR) is 46.3 cm³/mol. The maximum absolute atomic E-state index is 11.4. The Kier molecular flexibility index (Phi) is 1.52. The van der Waals surface area contributed by atoms with Crippen molar-refractivity contribution in [2.45, 2.75) is 20.3 Å². The summed E-state index contributed by atoms with van der Waals surface area (Å²) < 4.78 is 0. The molecule has 4 nitrogen and oxygen atoms in total. The highest BCUT2D eigenvalue weighted by Gasteiger charge is 2.37. The van der Waals surface area contributed by atoms with Crippen molar-refractivity contribution in [3.63, 3.8) is 0 Å². The molecule has 13 heavy (non-hydrogen) atoms. The summed E-state index contributed by atoms with van der Waals surface area (Å²) in [7, 11) is 0. The third-order valence-corrected chi connectivity index (χ3v) is 2.30. The lowest BCUT2D eigenvalue weighted by Gasteiger charge is -2.00. The third-order valence-electron chi connectivity index (χ3n) is 2.30. The number of hydrogen-bond acceptors (Lipinski definition) is 2. The second-order valence-electron chi connectivity index (χ2n) is 3.12. The molecule has 2 rings (SSSR count). The summed E-state index contributed by atoms with van der Waals surface area (Å²) in [5, 5.41) is 5.32. The van der Waals surface area contributed by atoms with Gasteiger partial charge >= 0.3 is 0 Å². The van der Waals surface area contributed by atoms with Gasteiger partial charge in [-0.2, -0.15) is 0 Å². The van der Waals surface area contributed by atoms with E-state index in [0.29, 0.717) is 23.3 Å². The standard InChI is InChI=1S/C9H10N2O2/c1-3-5-7-6(8(12)11-5)4(2)10-9(7)13/h3H2,1-2H3,(H,10,13)(H,11,12). The van der Waals surface area contributed by atoms with E-state index in [2.05, 4.69) is 10.6 Å². The van der Waals surface area contributed by atoms with Gasteiger partial charge in [-0.15, -0.1) is 0 Å². The minimum Gasteiger partial charge on any atom is -0.325 e. The molecule has 68 valence electrons. The van der Waals surface area contributed by atoms with Gasteiger partial charge in [0.05, 0.1) is 11.1 Å². The fourth-order valence-electron chi connectivity index (χ4n) is 1.70. The monoisotopic (exact) mass is 178 g/mol. The summed E-state index contributed by atoms with van der Waals surface area (Å²) >= 11 is 0. The lowest BCUT2D eigenvalue weighted by molar-refractivity contribution is -0.117. The molecule has 0 aromatic rings. The Morgan fingerprint density at radius 3 is 2.31 bits per heavy atom. The summed E-state index contributed by atoms with van der Waals surface area (Å²) in [4.78, 5) is 22.8. The first-order valence-corrected chi connectivity index (χ1v) is 4.22. The van der Waals surface area contributed by atoms with E-state index in [-0.39, 0.29) is 11.8 Å². The van der Waals surface area contributed by atoms with E-state index in [4.69, 9.17) is 0 Å². The van der Waals surface area contributed by atoms with Crippen LogP contribution in [0.2, 0.25) is 0 Å². The summed E-state index contributed by atoms with van der Waals surface area (Å²) in [5.41, 5.74) is 2.43. The van der Waals surface area contributed by atoms with Gasteiger partial charge in [-0.3, -0.25) is 9.59 Å². The van der Waals surface area contributed by atoms with E-state index in [0.717, 1.165) is 5.70 Å². The van der Waals surface area contributed by atoms with Crippen molar-refractivity contribution in [2.24, 2.45) is 0 Å². The summed E-state index contributed by atoms with van der Waals surface area (Å²) in [5.74, 6) is -0.328. The largest absolute Gasteiger partial charge is 0.325 e. The summed E-state index contributed by atoms with van der Waals surface area (Å²) in [6.45, 7) is 3.64. The Labute approximate surface area is 75.7 Å². The molecular weight excluding hydrogens is 168 g/mol. The molecule has 0 fully saturated rings. The van der Waals surface area contributed by atoms with E-state index in [1.807, 2.05) is 6.92 Å². The van der Waals surface area contributed by atoms with Crippen LogP contribution in [0.5, 0.6) is 0 Å². The van der Waals surface area contributed by atoms with Crippen LogP contribution in [-0.4, -0.2) is 11.8 Å². The number of hydrogen-bond donors (Lipinski definition) is 2. The first-order valence-electron chi connectivity index (χ1n) is 4.22. The van der Waals surface area contributed by atoms with Gasteiger partial charge < -0.3 is 10.6 Å². The number of allylic oxidation sites excluding steroid dienone is 2. The van der Waals surface area contributed by atoms with Crippen LogP contribution in [0, 0.1) is 0 Å². The predicted octanol–water partition coefficient (Wildman–Crippen LogP) is 0.184. The van der Waals surface area contributed by atoms with Gasteiger partial charge in [-0.1, -0.05) is 6.92 Å². The fourth-order valence-corrected chi connectivity index (χ4v) is 1.70. The quantitative estimate of drug-likeness (QED) is 0.602. The number of rotatable bonds is 1. The van der Waals surface area contributed by atoms with Gasteiger partial charge in [0.2, 0.25) is 0 Å². The number of amides is 2. The maximum Gasteiger partial charge on any atom is 0.258 e. The highest BCUT2D eigenvalue weighted by atomic mass is 16.2. The summed E-state index contributed by atoms with van der Waals surface area (Å²) in [6.07, 6.45) is 0.672. The van der Waals surface area contributed by atoms with Crippen molar-refractivity contribution < 1.29 is 9.59 Å². The van der Waals surface area contributed by atoms with E-state index in [1.165, 1.54) is 0 Å². The lowest BCUT2D eigenvalue weighted by atomic mass is 10.1. The van der Waals surface area contributed by atoms with E-state index >= 15 is 0 Å². The Morgan fingerprint density at radius 2 is 1.69 bits per heavy atom. The van der Waals surface area contributed by atoms with Crippen molar-refractivity contribution in [2.75, 3.05) is 0 Å². The summed E-state index contributed by atoms with van der Waals surface area (Å²) in [6, 6.07) is 0. The van der Waals surface area contributed by atoms with Gasteiger partial charge in [0.15, 0.2) is 0 Å². The molecule has 0 unspecified atom stereocenters. The Balaban J connectivity index is 2.59. The van der Waals surface area contributed by atoms with Crippen LogP contribution in [0.25, 0.3) is 0 Å². The second-order valence-corrected chi connectivity index (χ2v) is 3.12. The van der Waals surface area contributed by atoms with Gasteiger partial charge in [0.25, 0.3) is 11.8 Å². The molecule has 2 aliphatic heterocycles. The highest BCUT2D eigenvalue weighted by molar-refractivity contribution is 6.19. The molecule has 2 heterocycles. The van der Waals surface area contributed by atoms with E-state index in [1.54, 1.807) is 6.92 Å². The lowest BCUT2D eigenvalue weighted by Crippen LogP contribution is -2.21. The van der Waals surface area contributed by atoms with Crippen LogP contribution in [-0.2, 0) is 9.59 Å². The normalized spacial score (nSPS) is 20.8. The van der Waals surface area contributed by atoms with Crippen LogP contribution >= 0.6 is 0 Å². The Morgan fingerprint density at radius 1 is 1.08 bits per heavy atom. The fraction of sp³-hybridized carbons (Fsp3) is 0.333. The molecule has 2 amide bonds. The van der Waals surface area contributed by atoms with Crippen molar-refractivity contribution in [3.8, 4) is 0 Å².